The van der Waals surface area contributed by atoms with Crippen LogP contribution in [0.4, 0.5) is 0 Å². The van der Waals surface area contributed by atoms with Crippen LogP contribution in [-0.4, -0.2) is 50.4 Å². The van der Waals surface area contributed by atoms with Gasteiger partial charge >= 0.3 is 0 Å². The summed E-state index contributed by atoms with van der Waals surface area (Å²) in [5, 5.41) is 0. The monoisotopic (exact) mass is 331 g/mol. The van der Waals surface area contributed by atoms with Crippen molar-refractivity contribution >= 4 is 34.1 Å². The Balaban J connectivity index is 1.63. The highest BCUT2D eigenvalue weighted by Gasteiger charge is 2.09. The zero-order chi connectivity index (χ0) is 14.8. The Morgan fingerprint density at radius 1 is 1.20 bits per heavy atom. The minimum atomic E-state index is 0.881. The molecule has 1 aliphatic rings. The summed E-state index contributed by atoms with van der Waals surface area (Å²) in [5.74, 6) is 3.12. The predicted molar refractivity (Wildman–Crippen MR) is 95.0 cm³/mol. The number of ether oxygens (including phenoxy) is 1. The molecule has 0 aromatic heterocycles. The van der Waals surface area contributed by atoms with Crippen molar-refractivity contribution in [3.8, 4) is 0 Å². The van der Waals surface area contributed by atoms with E-state index in [4.69, 9.17) is 5.86 Å². The van der Waals surface area contributed by atoms with Gasteiger partial charge in [-0.05, 0) is 23.3 Å². The van der Waals surface area contributed by atoms with Gasteiger partial charge in [-0.15, -0.1) is 0 Å². The van der Waals surface area contributed by atoms with Crippen LogP contribution in [-0.2, 0) is 16.9 Å². The summed E-state index contributed by atoms with van der Waals surface area (Å²) in [6, 6.07) is 8.64. The summed E-state index contributed by atoms with van der Waals surface area (Å²) in [6.07, 6.45) is 1.00. The molecule has 1 fully saturated rings. The molecule has 0 amide bonds. The molecule has 2 nitrogen and oxygen atoms in total. The number of hydrogen-bond acceptors (Lipinski definition) is 5. The molecule has 20 heavy (non-hydrogen) atoms. The maximum Gasteiger partial charge on any atom is 0.102 e. The van der Waals surface area contributed by atoms with Crippen molar-refractivity contribution in [3.63, 3.8) is 0 Å². The van der Waals surface area contributed by atoms with Gasteiger partial charge in [0.25, 0.3) is 0 Å². The number of nitrogens with zero attached hydrogens (tertiary/aromatic N) is 1. The van der Waals surface area contributed by atoms with Gasteiger partial charge in [-0.1, -0.05) is 45.9 Å². The lowest BCUT2D eigenvalue weighted by atomic mass is 10.1. The quantitative estimate of drug-likeness (QED) is 0.423. The third-order valence-electron chi connectivity index (χ3n) is 3.38. The van der Waals surface area contributed by atoms with Gasteiger partial charge in [-0.25, -0.2) is 0 Å². The number of benzene rings is 1. The average molecular weight is 332 g/mol. The lowest BCUT2D eigenvalue weighted by molar-refractivity contribution is 0.0410. The predicted octanol–water partition coefficient (Wildman–Crippen LogP) is 3.37. The Labute approximate surface area is 136 Å². The summed E-state index contributed by atoms with van der Waals surface area (Å²) < 4.78 is 12.6. The highest BCUT2D eigenvalue weighted by molar-refractivity contribution is 8.76. The van der Waals surface area contributed by atoms with Crippen molar-refractivity contribution in [1.29, 1.82) is 1.12 Å². The van der Waals surface area contributed by atoms with Crippen LogP contribution in [0, 0.1) is 0 Å². The number of aryl methyl sites for hydroxylation is 1. The maximum absolute atomic E-state index is 7.21. The van der Waals surface area contributed by atoms with Gasteiger partial charge in [0, 0.05) is 31.1 Å². The van der Waals surface area contributed by atoms with Crippen LogP contribution < -0.4 is 0 Å². The highest BCUT2D eigenvalue weighted by Crippen LogP contribution is 2.27. The standard InChI is InChI=1S/C15H23NOS3/c18-11-5-14-3-1-2-4-15(14)13-20-19-12-8-16-6-9-17-10-7-16/h1-4,18H,5-13H2/i/hT. The second-order valence-corrected chi connectivity index (χ2v) is 7.75. The molecule has 0 N–H and O–H groups in total. The molecule has 5 heteroatoms. The van der Waals surface area contributed by atoms with Crippen LogP contribution in [0.25, 0.3) is 0 Å². The van der Waals surface area contributed by atoms with E-state index >= 15 is 0 Å². The van der Waals surface area contributed by atoms with E-state index in [-0.39, 0.29) is 0 Å². The molecule has 0 aliphatic carbocycles. The smallest absolute Gasteiger partial charge is 0.102 e. The first-order valence-electron chi connectivity index (χ1n) is 7.50. The number of hydrogen-bond donors (Lipinski definition) is 1. The molecule has 112 valence electrons. The van der Waals surface area contributed by atoms with E-state index in [1.54, 1.807) is 0 Å². The maximum atomic E-state index is 7.21. The normalized spacial score (nSPS) is 17.1. The third-order valence-corrected chi connectivity index (χ3v) is 5.88. The third kappa shape index (κ3) is 5.90. The van der Waals surface area contributed by atoms with Crippen LogP contribution in [0.3, 0.4) is 0 Å². The van der Waals surface area contributed by atoms with Gasteiger partial charge in [0.15, 0.2) is 0 Å². The van der Waals surface area contributed by atoms with Crippen molar-refractivity contribution in [2.45, 2.75) is 12.2 Å². The first-order chi connectivity index (χ1) is 10.4. The van der Waals surface area contributed by atoms with E-state index in [0.717, 1.165) is 50.8 Å². The molecule has 0 spiro atoms. The molecular formula is C15H23NOS3. The fraction of sp³-hybridized carbons (Fsp3) is 0.600. The van der Waals surface area contributed by atoms with E-state index < -0.39 is 0 Å². The second-order valence-electron chi connectivity index (χ2n) is 4.76. The van der Waals surface area contributed by atoms with Crippen LogP contribution in [0.2, 0.25) is 0 Å². The van der Waals surface area contributed by atoms with E-state index in [1.807, 2.05) is 21.6 Å². The summed E-state index contributed by atoms with van der Waals surface area (Å²) >= 11 is 1.18. The molecule has 2 rings (SSSR count). The van der Waals surface area contributed by atoms with Crippen molar-refractivity contribution in [2.75, 3.05) is 44.4 Å². The molecule has 1 aromatic carbocycles. The Bertz CT molecular complexity index is 402. The minimum absolute atomic E-state index is 0.881. The molecule has 0 unspecified atom stereocenters. The zero-order valence-electron chi connectivity index (χ0n) is 12.8. The Morgan fingerprint density at radius 3 is 2.80 bits per heavy atom. The van der Waals surface area contributed by atoms with Crippen LogP contribution in [0.1, 0.15) is 11.1 Å². The average Bonchev–Trinajstić information content (AvgIpc) is 2.54. The fourth-order valence-corrected chi connectivity index (χ4v) is 4.58. The number of thiol groups is 1. The molecule has 1 aliphatic heterocycles. The Kier molecular flexibility index (Phi) is 7.55. The molecule has 0 bridgehead atoms. The number of rotatable bonds is 9. The van der Waals surface area contributed by atoms with E-state index in [9.17, 15) is 0 Å². The van der Waals surface area contributed by atoms with Crippen molar-refractivity contribution in [2.24, 2.45) is 0 Å². The van der Waals surface area contributed by atoms with Crippen molar-refractivity contribution in [1.82, 2.24) is 4.90 Å². The summed E-state index contributed by atoms with van der Waals surface area (Å²) in [6.45, 7) is 5.11. The minimum Gasteiger partial charge on any atom is -0.379 e. The van der Waals surface area contributed by atoms with Gasteiger partial charge in [0.2, 0.25) is 0 Å². The van der Waals surface area contributed by atoms with Crippen molar-refractivity contribution in [3.05, 3.63) is 35.4 Å². The van der Waals surface area contributed by atoms with Crippen LogP contribution >= 0.6 is 34.1 Å². The highest BCUT2D eigenvalue weighted by atomic mass is 33.1. The Morgan fingerprint density at radius 2 is 2.00 bits per heavy atom. The van der Waals surface area contributed by atoms with Crippen LogP contribution in [0.15, 0.2) is 24.3 Å². The van der Waals surface area contributed by atoms with Gasteiger partial charge in [0.1, 0.15) is 1.12 Å². The molecule has 0 atom stereocenters. The first kappa shape index (κ1) is 15.1. The van der Waals surface area contributed by atoms with Gasteiger partial charge < -0.3 is 4.74 Å². The molecule has 1 saturated heterocycles. The lowest BCUT2D eigenvalue weighted by Gasteiger charge is -2.26. The molecule has 0 radical (unpaired) electrons. The van der Waals surface area contributed by atoms with Crippen LogP contribution in [0.5, 0.6) is 0 Å². The SMILES string of the molecule is [3H]SCCc1ccccc1CSSCCN1CCOCC1. The second kappa shape index (κ2) is 10.0. The van der Waals surface area contributed by atoms with E-state index in [1.165, 1.54) is 29.4 Å². The zero-order valence-corrected chi connectivity index (χ0v) is 14.2. The topological polar surface area (TPSA) is 12.5 Å². The first-order valence-corrected chi connectivity index (χ1v) is 10.2. The number of morpholine rings is 1. The van der Waals surface area contributed by atoms with Gasteiger partial charge in [-0.2, -0.15) is 12.5 Å². The molecular weight excluding hydrogens is 306 g/mol. The lowest BCUT2D eigenvalue weighted by Crippen LogP contribution is -2.37. The molecule has 1 aromatic rings. The fourth-order valence-electron chi connectivity index (χ4n) is 2.21. The Hall–Kier alpha value is 0.190. The molecule has 1 heterocycles. The van der Waals surface area contributed by atoms with E-state index in [0.29, 0.717) is 0 Å². The van der Waals surface area contributed by atoms with Crippen molar-refractivity contribution < 1.29 is 4.74 Å². The van der Waals surface area contributed by atoms with Gasteiger partial charge in [0.05, 0.1) is 13.2 Å². The van der Waals surface area contributed by atoms with Gasteiger partial charge in [-0.3, -0.25) is 4.90 Å². The molecule has 0 saturated carbocycles. The summed E-state index contributed by atoms with van der Waals surface area (Å²) in [7, 11) is 3.91. The van der Waals surface area contributed by atoms with E-state index in [2.05, 4.69) is 29.2 Å². The summed E-state index contributed by atoms with van der Waals surface area (Å²) in [4.78, 5) is 2.48. The summed E-state index contributed by atoms with van der Waals surface area (Å²) in [5.41, 5.74) is 2.83. The largest absolute Gasteiger partial charge is 0.379 e.